The molecule has 5 aromatic rings. The molecule has 1 aliphatic carbocycles. The van der Waals surface area contributed by atoms with Crippen LogP contribution in [0.1, 0.15) is 82.3 Å². The summed E-state index contributed by atoms with van der Waals surface area (Å²) in [5, 5.41) is 17.1. The van der Waals surface area contributed by atoms with Gasteiger partial charge in [0.2, 0.25) is 5.76 Å². The van der Waals surface area contributed by atoms with E-state index in [-0.39, 0.29) is 11.7 Å². The van der Waals surface area contributed by atoms with Crippen LogP contribution in [0.5, 0.6) is 0 Å². The van der Waals surface area contributed by atoms with Crippen molar-refractivity contribution in [1.82, 2.24) is 14.7 Å². The van der Waals surface area contributed by atoms with Crippen molar-refractivity contribution in [2.24, 2.45) is 0 Å². The normalized spacial score (nSPS) is 16.5. The highest BCUT2D eigenvalue weighted by Gasteiger charge is 2.31. The van der Waals surface area contributed by atoms with Gasteiger partial charge in [0.15, 0.2) is 0 Å². The van der Waals surface area contributed by atoms with Gasteiger partial charge in [-0.3, -0.25) is 9.58 Å². The van der Waals surface area contributed by atoms with E-state index in [0.29, 0.717) is 24.3 Å². The molecule has 0 amide bonds. The zero-order chi connectivity index (χ0) is 28.8. The Morgan fingerprint density at radius 2 is 1.48 bits per heavy atom. The number of aromatic nitrogens is 2. The van der Waals surface area contributed by atoms with E-state index in [9.17, 15) is 9.90 Å². The average molecular weight is 601 g/mol. The van der Waals surface area contributed by atoms with Crippen LogP contribution in [0.4, 0.5) is 0 Å². The van der Waals surface area contributed by atoms with E-state index in [2.05, 4.69) is 52.0 Å². The van der Waals surface area contributed by atoms with Crippen molar-refractivity contribution in [1.29, 1.82) is 0 Å². The second-order valence-electron chi connectivity index (χ2n) is 11.5. The molecule has 2 aromatic heterocycles. The first-order valence-electron chi connectivity index (χ1n) is 14.5. The van der Waals surface area contributed by atoms with Gasteiger partial charge in [-0.25, -0.2) is 4.79 Å². The molecule has 1 saturated heterocycles. The number of rotatable bonds is 8. The Kier molecular flexibility index (Phi) is 7.30. The summed E-state index contributed by atoms with van der Waals surface area (Å²) in [6.07, 6.45) is 4.34. The quantitative estimate of drug-likeness (QED) is 0.181. The number of halogens is 2. The lowest BCUT2D eigenvalue weighted by Gasteiger charge is -2.30. The lowest BCUT2D eigenvalue weighted by Crippen LogP contribution is -2.32. The van der Waals surface area contributed by atoms with Crippen LogP contribution in [0.2, 0.25) is 10.0 Å². The number of carbonyl (C=O) groups is 1. The van der Waals surface area contributed by atoms with E-state index >= 15 is 0 Å². The molecular formula is C34H31Cl2N3O3. The van der Waals surface area contributed by atoms with Gasteiger partial charge in [0.05, 0.1) is 23.8 Å². The third-order valence-electron chi connectivity index (χ3n) is 8.62. The number of furan rings is 1. The zero-order valence-electron chi connectivity index (χ0n) is 23.0. The molecule has 2 fully saturated rings. The van der Waals surface area contributed by atoms with Crippen molar-refractivity contribution in [3.63, 3.8) is 0 Å². The summed E-state index contributed by atoms with van der Waals surface area (Å²) in [6.45, 7) is 2.43. The molecule has 0 atom stereocenters. The van der Waals surface area contributed by atoms with Crippen LogP contribution in [0, 0.1) is 0 Å². The average Bonchev–Trinajstić information content (AvgIpc) is 3.61. The smallest absolute Gasteiger partial charge is 0.371 e. The van der Waals surface area contributed by atoms with E-state index in [0.717, 1.165) is 36.0 Å². The molecule has 0 bridgehead atoms. The van der Waals surface area contributed by atoms with Gasteiger partial charge in [0, 0.05) is 27.3 Å². The van der Waals surface area contributed by atoms with Crippen LogP contribution in [-0.2, 0) is 6.54 Å². The Morgan fingerprint density at radius 3 is 2.05 bits per heavy atom. The van der Waals surface area contributed by atoms with Gasteiger partial charge < -0.3 is 9.52 Å². The number of aromatic carboxylic acids is 1. The number of fused-ring (bicyclic) bond motifs is 1. The van der Waals surface area contributed by atoms with Crippen molar-refractivity contribution >= 4 is 40.1 Å². The molecule has 6 nitrogen and oxygen atoms in total. The van der Waals surface area contributed by atoms with Gasteiger partial charge in [-0.2, -0.15) is 5.10 Å². The summed E-state index contributed by atoms with van der Waals surface area (Å²) in [6, 6.07) is 26.9. The topological polar surface area (TPSA) is 71.5 Å². The largest absolute Gasteiger partial charge is 0.475 e. The summed E-state index contributed by atoms with van der Waals surface area (Å²) < 4.78 is 7.76. The third-order valence-corrected chi connectivity index (χ3v) is 9.12. The molecule has 0 spiro atoms. The molecule has 1 N–H and O–H groups in total. The molecule has 0 radical (unpaired) electrons. The standard InChI is InChI=1S/C34H31Cl2N3O3/c35-25-6-1-21(2-7-25)32(22-3-8-26(36)9-4-22)24-5-13-30-29(19-24)33(37-39(30)27-10-11-27)23-15-17-38(18-16-23)20-28-12-14-31(42-28)34(40)41/h1-9,12-14,19,23,27,32H,10-11,15-18,20H2,(H,40,41). The summed E-state index contributed by atoms with van der Waals surface area (Å²) in [7, 11) is 0. The molecule has 42 heavy (non-hydrogen) atoms. The lowest BCUT2D eigenvalue weighted by molar-refractivity contribution is 0.0657. The minimum absolute atomic E-state index is 0.0109. The van der Waals surface area contributed by atoms with Gasteiger partial charge in [0.1, 0.15) is 5.76 Å². The van der Waals surface area contributed by atoms with Crippen LogP contribution >= 0.6 is 23.2 Å². The van der Waals surface area contributed by atoms with Crippen molar-refractivity contribution < 1.29 is 14.3 Å². The van der Waals surface area contributed by atoms with Gasteiger partial charge >= 0.3 is 5.97 Å². The number of nitrogens with zero attached hydrogens (tertiary/aromatic N) is 3. The van der Waals surface area contributed by atoms with Crippen molar-refractivity contribution in [2.75, 3.05) is 13.1 Å². The minimum Gasteiger partial charge on any atom is -0.475 e. The van der Waals surface area contributed by atoms with E-state index < -0.39 is 5.97 Å². The summed E-state index contributed by atoms with van der Waals surface area (Å²) in [5.74, 6) is 0.0334. The highest BCUT2D eigenvalue weighted by molar-refractivity contribution is 6.30. The van der Waals surface area contributed by atoms with Gasteiger partial charge in [-0.15, -0.1) is 0 Å². The maximum Gasteiger partial charge on any atom is 0.371 e. The molecule has 214 valence electrons. The fraction of sp³-hybridized carbons (Fsp3) is 0.294. The van der Waals surface area contributed by atoms with E-state index in [1.165, 1.54) is 52.2 Å². The highest BCUT2D eigenvalue weighted by atomic mass is 35.5. The van der Waals surface area contributed by atoms with Crippen LogP contribution in [-0.4, -0.2) is 38.8 Å². The molecule has 1 saturated carbocycles. The highest BCUT2D eigenvalue weighted by Crippen LogP contribution is 2.42. The molecular weight excluding hydrogens is 569 g/mol. The third kappa shape index (κ3) is 5.47. The van der Waals surface area contributed by atoms with Crippen LogP contribution < -0.4 is 0 Å². The Bertz CT molecular complexity index is 1690. The van der Waals surface area contributed by atoms with Crippen LogP contribution in [0.25, 0.3) is 10.9 Å². The number of hydrogen-bond donors (Lipinski definition) is 1. The minimum atomic E-state index is -1.04. The maximum atomic E-state index is 11.2. The van der Waals surface area contributed by atoms with Gasteiger partial charge in [-0.05, 0) is 104 Å². The summed E-state index contributed by atoms with van der Waals surface area (Å²) >= 11 is 12.5. The number of carboxylic acid groups (broad SMARTS) is 1. The van der Waals surface area contributed by atoms with Crippen LogP contribution in [0.3, 0.4) is 0 Å². The van der Waals surface area contributed by atoms with E-state index in [1.54, 1.807) is 6.07 Å². The number of benzene rings is 3. The van der Waals surface area contributed by atoms with Crippen molar-refractivity contribution in [2.45, 2.75) is 50.1 Å². The number of piperidine rings is 1. The summed E-state index contributed by atoms with van der Waals surface area (Å²) in [4.78, 5) is 13.5. The summed E-state index contributed by atoms with van der Waals surface area (Å²) in [5.41, 5.74) is 5.97. The molecule has 3 heterocycles. The number of likely N-dealkylation sites (tertiary alicyclic amines) is 1. The van der Waals surface area contributed by atoms with Crippen molar-refractivity contribution in [3.05, 3.63) is 123 Å². The molecule has 3 aromatic carbocycles. The monoisotopic (exact) mass is 599 g/mol. The maximum absolute atomic E-state index is 11.2. The predicted molar refractivity (Wildman–Crippen MR) is 165 cm³/mol. The van der Waals surface area contributed by atoms with Gasteiger partial charge in [-0.1, -0.05) is 53.5 Å². The van der Waals surface area contributed by atoms with Gasteiger partial charge in [0.25, 0.3) is 0 Å². The molecule has 8 heteroatoms. The molecule has 0 unspecified atom stereocenters. The van der Waals surface area contributed by atoms with Crippen LogP contribution in [0.15, 0.2) is 83.3 Å². The molecule has 7 rings (SSSR count). The Balaban J connectivity index is 1.21. The Morgan fingerprint density at radius 1 is 0.857 bits per heavy atom. The lowest BCUT2D eigenvalue weighted by atomic mass is 9.84. The number of hydrogen-bond acceptors (Lipinski definition) is 4. The first kappa shape index (κ1) is 27.3. The SMILES string of the molecule is O=C(O)c1ccc(CN2CCC(c3nn(C4CC4)c4ccc(C(c5ccc(Cl)cc5)c5ccc(Cl)cc5)cc34)CC2)o1. The number of carboxylic acids is 1. The Hall–Kier alpha value is -3.58. The zero-order valence-corrected chi connectivity index (χ0v) is 24.6. The van der Waals surface area contributed by atoms with Crippen molar-refractivity contribution in [3.8, 4) is 0 Å². The first-order chi connectivity index (χ1) is 20.4. The fourth-order valence-corrected chi connectivity index (χ4v) is 6.56. The fourth-order valence-electron chi connectivity index (χ4n) is 6.31. The predicted octanol–water partition coefficient (Wildman–Crippen LogP) is 8.53. The molecule has 2 aliphatic rings. The van der Waals surface area contributed by atoms with E-state index in [1.807, 2.05) is 24.3 Å². The molecule has 1 aliphatic heterocycles. The second-order valence-corrected chi connectivity index (χ2v) is 12.4. The Labute approximate surface area is 254 Å². The first-order valence-corrected chi connectivity index (χ1v) is 15.3. The van der Waals surface area contributed by atoms with E-state index in [4.69, 9.17) is 32.7 Å². The second kappa shape index (κ2) is 11.3.